The molecule has 1 atom stereocenters. The molecule has 1 N–H and O–H groups in total. The van der Waals surface area contributed by atoms with Gasteiger partial charge in [0.05, 0.1) is 0 Å². The highest BCUT2D eigenvalue weighted by molar-refractivity contribution is 4.93. The summed E-state index contributed by atoms with van der Waals surface area (Å²) in [6, 6.07) is 1.43. The van der Waals surface area contributed by atoms with Crippen LogP contribution in [0.2, 0.25) is 0 Å². The van der Waals surface area contributed by atoms with E-state index in [2.05, 4.69) is 61.2 Å². The Morgan fingerprint density at radius 3 is 2.11 bits per heavy atom. The minimum atomic E-state index is 0.493. The third-order valence-corrected chi connectivity index (χ3v) is 6.95. The van der Waals surface area contributed by atoms with Crippen LogP contribution in [0.3, 0.4) is 0 Å². The Morgan fingerprint density at radius 1 is 1.00 bits per heavy atom. The van der Waals surface area contributed by atoms with Crippen molar-refractivity contribution in [3.63, 3.8) is 0 Å². The fourth-order valence-corrected chi connectivity index (χ4v) is 4.79. The van der Waals surface area contributed by atoms with Crippen LogP contribution in [0.15, 0.2) is 12.8 Å². The molecule has 3 aliphatic rings. The standard InChI is InChI=1S/C13H26N2.C11H22N2/c1-5-7-13(10-14-6-2)8-9-15(11-13)12(3)4;1-10(2)13-7-5-12(6-8-13)9-11-3-4-11/h6,12,14H,2,5,7-11H2,1,3-4H3;10-11H,3-9H2,1-2H3. The van der Waals surface area contributed by atoms with Gasteiger partial charge in [-0.3, -0.25) is 4.90 Å². The van der Waals surface area contributed by atoms with Gasteiger partial charge in [-0.05, 0) is 72.0 Å². The molecule has 0 amide bonds. The summed E-state index contributed by atoms with van der Waals surface area (Å²) in [7, 11) is 0. The minimum absolute atomic E-state index is 0.493. The molecule has 4 nitrogen and oxygen atoms in total. The fraction of sp³-hybridized carbons (Fsp3) is 0.917. The molecule has 0 spiro atoms. The Bertz CT molecular complexity index is 438. The summed E-state index contributed by atoms with van der Waals surface area (Å²) >= 11 is 0. The van der Waals surface area contributed by atoms with Crippen LogP contribution < -0.4 is 5.32 Å². The lowest BCUT2D eigenvalue weighted by Crippen LogP contribution is -2.49. The largest absolute Gasteiger partial charge is 0.391 e. The number of hydrogen-bond donors (Lipinski definition) is 1. The van der Waals surface area contributed by atoms with Crippen molar-refractivity contribution in [1.82, 2.24) is 20.0 Å². The Kier molecular flexibility index (Phi) is 9.79. The molecule has 1 unspecified atom stereocenters. The molecule has 3 rings (SSSR count). The van der Waals surface area contributed by atoms with Crippen molar-refractivity contribution in [2.75, 3.05) is 52.4 Å². The maximum absolute atomic E-state index is 3.74. The minimum Gasteiger partial charge on any atom is -0.391 e. The Labute approximate surface area is 175 Å². The van der Waals surface area contributed by atoms with E-state index in [1.807, 2.05) is 6.20 Å². The van der Waals surface area contributed by atoms with Crippen LogP contribution in [0.4, 0.5) is 0 Å². The van der Waals surface area contributed by atoms with Crippen molar-refractivity contribution in [2.24, 2.45) is 11.3 Å². The summed E-state index contributed by atoms with van der Waals surface area (Å²) in [6.45, 7) is 25.4. The molecule has 2 saturated heterocycles. The van der Waals surface area contributed by atoms with Gasteiger partial charge in [-0.1, -0.05) is 19.9 Å². The van der Waals surface area contributed by atoms with Gasteiger partial charge in [0.15, 0.2) is 0 Å². The van der Waals surface area contributed by atoms with E-state index in [4.69, 9.17) is 0 Å². The van der Waals surface area contributed by atoms with Gasteiger partial charge >= 0.3 is 0 Å². The van der Waals surface area contributed by atoms with Crippen molar-refractivity contribution in [3.05, 3.63) is 12.8 Å². The topological polar surface area (TPSA) is 21.8 Å². The van der Waals surface area contributed by atoms with Crippen molar-refractivity contribution >= 4 is 0 Å². The number of piperazine rings is 1. The van der Waals surface area contributed by atoms with Gasteiger partial charge in [0.25, 0.3) is 0 Å². The average molecular weight is 393 g/mol. The van der Waals surface area contributed by atoms with E-state index in [-0.39, 0.29) is 0 Å². The van der Waals surface area contributed by atoms with Gasteiger partial charge < -0.3 is 15.1 Å². The molecule has 28 heavy (non-hydrogen) atoms. The molecule has 164 valence electrons. The first-order valence-corrected chi connectivity index (χ1v) is 11.9. The van der Waals surface area contributed by atoms with E-state index in [1.165, 1.54) is 77.9 Å². The zero-order valence-electron chi connectivity index (χ0n) is 19.6. The third-order valence-electron chi connectivity index (χ3n) is 6.95. The highest BCUT2D eigenvalue weighted by Crippen LogP contribution is 2.35. The van der Waals surface area contributed by atoms with E-state index in [1.54, 1.807) is 0 Å². The molecule has 3 fully saturated rings. The van der Waals surface area contributed by atoms with E-state index in [0.29, 0.717) is 11.5 Å². The van der Waals surface area contributed by atoms with E-state index in [9.17, 15) is 0 Å². The predicted molar refractivity (Wildman–Crippen MR) is 123 cm³/mol. The molecule has 0 aromatic rings. The van der Waals surface area contributed by atoms with Crippen LogP contribution >= 0.6 is 0 Å². The van der Waals surface area contributed by atoms with Gasteiger partial charge in [0.2, 0.25) is 0 Å². The van der Waals surface area contributed by atoms with Gasteiger partial charge in [-0.25, -0.2) is 0 Å². The molecule has 0 radical (unpaired) electrons. The molecule has 4 heteroatoms. The van der Waals surface area contributed by atoms with Gasteiger partial charge in [0.1, 0.15) is 0 Å². The molecule has 2 heterocycles. The molecular weight excluding hydrogens is 344 g/mol. The highest BCUT2D eigenvalue weighted by Gasteiger charge is 2.37. The van der Waals surface area contributed by atoms with Crippen molar-refractivity contribution in [2.45, 2.75) is 78.8 Å². The molecular formula is C24H48N4. The van der Waals surface area contributed by atoms with Crippen molar-refractivity contribution < 1.29 is 0 Å². The van der Waals surface area contributed by atoms with Crippen LogP contribution in [-0.2, 0) is 0 Å². The van der Waals surface area contributed by atoms with Crippen LogP contribution in [0.25, 0.3) is 0 Å². The SMILES string of the molecule is C=CNCC1(CCC)CCN(C(C)C)C1.CC(C)N1CCN(CC2CC2)CC1. The molecule has 0 aromatic carbocycles. The van der Waals surface area contributed by atoms with Gasteiger partial charge in [-0.2, -0.15) is 0 Å². The maximum Gasteiger partial charge on any atom is 0.0210 e. The van der Waals surface area contributed by atoms with E-state index in [0.717, 1.165) is 18.5 Å². The lowest BCUT2D eigenvalue weighted by molar-refractivity contribution is 0.105. The molecule has 1 aliphatic carbocycles. The Balaban J connectivity index is 0.000000202. The highest BCUT2D eigenvalue weighted by atomic mass is 15.3. The maximum atomic E-state index is 3.74. The third kappa shape index (κ3) is 7.68. The van der Waals surface area contributed by atoms with Crippen LogP contribution in [0.1, 0.15) is 66.7 Å². The summed E-state index contributed by atoms with van der Waals surface area (Å²) in [5.41, 5.74) is 0.493. The molecule has 2 aliphatic heterocycles. The number of nitrogens with one attached hydrogen (secondary N) is 1. The van der Waals surface area contributed by atoms with Crippen LogP contribution in [0.5, 0.6) is 0 Å². The van der Waals surface area contributed by atoms with E-state index < -0.39 is 0 Å². The van der Waals surface area contributed by atoms with E-state index >= 15 is 0 Å². The average Bonchev–Trinajstić information content (AvgIpc) is 3.38. The number of nitrogens with zero attached hydrogens (tertiary/aromatic N) is 3. The lowest BCUT2D eigenvalue weighted by atomic mass is 9.82. The zero-order chi connectivity index (χ0) is 20.6. The van der Waals surface area contributed by atoms with Gasteiger partial charge in [0, 0.05) is 63.3 Å². The second-order valence-corrected chi connectivity index (χ2v) is 10.0. The predicted octanol–water partition coefficient (Wildman–Crippen LogP) is 4.04. The first-order valence-electron chi connectivity index (χ1n) is 11.9. The molecule has 0 bridgehead atoms. The van der Waals surface area contributed by atoms with Gasteiger partial charge in [-0.15, -0.1) is 0 Å². The Morgan fingerprint density at radius 2 is 1.64 bits per heavy atom. The molecule has 1 saturated carbocycles. The molecule has 0 aromatic heterocycles. The smallest absolute Gasteiger partial charge is 0.0210 e. The summed E-state index contributed by atoms with van der Waals surface area (Å²) < 4.78 is 0. The fourth-order valence-electron chi connectivity index (χ4n) is 4.79. The van der Waals surface area contributed by atoms with Crippen LogP contribution in [0, 0.1) is 11.3 Å². The van der Waals surface area contributed by atoms with Crippen molar-refractivity contribution in [3.8, 4) is 0 Å². The second kappa shape index (κ2) is 11.6. The monoisotopic (exact) mass is 392 g/mol. The quantitative estimate of drug-likeness (QED) is 0.639. The number of rotatable bonds is 9. The summed E-state index contributed by atoms with van der Waals surface area (Å²) in [6.07, 6.45) is 8.76. The normalized spacial score (nSPS) is 27.1. The summed E-state index contributed by atoms with van der Waals surface area (Å²) in [5, 5.41) is 3.31. The summed E-state index contributed by atoms with van der Waals surface area (Å²) in [5.74, 6) is 1.06. The lowest BCUT2D eigenvalue weighted by Gasteiger charge is -2.36. The Hall–Kier alpha value is -0.580. The number of likely N-dealkylation sites (tertiary alicyclic amines) is 1. The first-order chi connectivity index (χ1) is 13.4. The van der Waals surface area contributed by atoms with Crippen LogP contribution in [-0.4, -0.2) is 79.1 Å². The van der Waals surface area contributed by atoms with Crippen molar-refractivity contribution in [1.29, 1.82) is 0 Å². The zero-order valence-corrected chi connectivity index (χ0v) is 19.6. The summed E-state index contributed by atoms with van der Waals surface area (Å²) in [4.78, 5) is 7.83. The second-order valence-electron chi connectivity index (χ2n) is 10.0. The first kappa shape index (κ1) is 23.7. The number of hydrogen-bond acceptors (Lipinski definition) is 4.